The molecule has 0 saturated carbocycles. The molecule has 1 aromatic rings. The van der Waals surface area contributed by atoms with E-state index in [2.05, 4.69) is 5.16 Å². The van der Waals surface area contributed by atoms with Gasteiger partial charge < -0.3 is 9.63 Å². The normalized spacial score (nSPS) is 25.3. The lowest BCUT2D eigenvalue weighted by Crippen LogP contribution is -2.48. The molecule has 1 N–H and O–H groups in total. The highest BCUT2D eigenvalue weighted by Crippen LogP contribution is 2.26. The molecule has 1 aromatic heterocycles. The van der Waals surface area contributed by atoms with Gasteiger partial charge in [-0.2, -0.15) is 0 Å². The SMILES string of the molecule is Cc1noc(C)c1CN1CCCC(C)C1C(=O)O. The Labute approximate surface area is 107 Å². The lowest BCUT2D eigenvalue weighted by molar-refractivity contribution is -0.147. The first-order chi connectivity index (χ1) is 8.50. The molecule has 2 heterocycles. The fraction of sp³-hybridized carbons (Fsp3) is 0.692. The second-order valence-corrected chi connectivity index (χ2v) is 5.18. The van der Waals surface area contributed by atoms with E-state index in [1.165, 1.54) is 0 Å². The minimum Gasteiger partial charge on any atom is -0.480 e. The van der Waals surface area contributed by atoms with Crippen LogP contribution in [0.5, 0.6) is 0 Å². The first-order valence-electron chi connectivity index (χ1n) is 6.39. The van der Waals surface area contributed by atoms with Crippen molar-refractivity contribution < 1.29 is 14.4 Å². The number of nitrogens with zero attached hydrogens (tertiary/aromatic N) is 2. The van der Waals surface area contributed by atoms with E-state index in [-0.39, 0.29) is 5.92 Å². The Kier molecular flexibility index (Phi) is 3.71. The summed E-state index contributed by atoms with van der Waals surface area (Å²) in [5.41, 5.74) is 1.88. The summed E-state index contributed by atoms with van der Waals surface area (Å²) >= 11 is 0. The topological polar surface area (TPSA) is 66.6 Å². The molecule has 1 fully saturated rings. The maximum Gasteiger partial charge on any atom is 0.321 e. The minimum atomic E-state index is -0.728. The fourth-order valence-corrected chi connectivity index (χ4v) is 2.78. The lowest BCUT2D eigenvalue weighted by Gasteiger charge is -2.37. The summed E-state index contributed by atoms with van der Waals surface area (Å²) in [6, 6.07) is -0.396. The van der Waals surface area contributed by atoms with Gasteiger partial charge in [0.15, 0.2) is 0 Å². The molecular weight excluding hydrogens is 232 g/mol. The summed E-state index contributed by atoms with van der Waals surface area (Å²) in [5, 5.41) is 13.3. The largest absolute Gasteiger partial charge is 0.480 e. The van der Waals surface area contributed by atoms with Crippen LogP contribution in [0.15, 0.2) is 4.52 Å². The molecule has 1 aliphatic rings. The molecule has 1 aliphatic heterocycles. The summed E-state index contributed by atoms with van der Waals surface area (Å²) in [4.78, 5) is 13.4. The van der Waals surface area contributed by atoms with E-state index in [0.717, 1.165) is 36.4 Å². The summed E-state index contributed by atoms with van der Waals surface area (Å²) in [6.45, 7) is 7.22. The van der Waals surface area contributed by atoms with Crippen LogP contribution in [-0.2, 0) is 11.3 Å². The minimum absolute atomic E-state index is 0.191. The van der Waals surface area contributed by atoms with Crippen molar-refractivity contribution in [1.29, 1.82) is 0 Å². The third-order valence-electron chi connectivity index (χ3n) is 3.83. The Hall–Kier alpha value is -1.36. The summed E-state index contributed by atoms with van der Waals surface area (Å²) < 4.78 is 5.14. The molecule has 0 amide bonds. The second kappa shape index (κ2) is 5.10. The van der Waals surface area contributed by atoms with Crippen molar-refractivity contribution >= 4 is 5.97 Å². The molecule has 0 bridgehead atoms. The van der Waals surface area contributed by atoms with Crippen molar-refractivity contribution in [3.05, 3.63) is 17.0 Å². The van der Waals surface area contributed by atoms with E-state index in [0.29, 0.717) is 6.54 Å². The van der Waals surface area contributed by atoms with Crippen LogP contribution in [0.4, 0.5) is 0 Å². The van der Waals surface area contributed by atoms with Crippen LogP contribution in [0.3, 0.4) is 0 Å². The molecule has 0 aromatic carbocycles. The Morgan fingerprint density at radius 1 is 1.56 bits per heavy atom. The standard InChI is InChI=1S/C13H20N2O3/c1-8-5-4-6-15(12(8)13(16)17)7-11-9(2)14-18-10(11)3/h8,12H,4-7H2,1-3H3,(H,16,17). The van der Waals surface area contributed by atoms with E-state index in [9.17, 15) is 9.90 Å². The third kappa shape index (κ3) is 2.41. The van der Waals surface area contributed by atoms with Crippen LogP contribution in [-0.4, -0.2) is 33.7 Å². The van der Waals surface area contributed by atoms with Gasteiger partial charge in [0.25, 0.3) is 0 Å². The number of hydrogen-bond donors (Lipinski definition) is 1. The molecule has 2 rings (SSSR count). The zero-order valence-corrected chi connectivity index (χ0v) is 11.1. The number of aryl methyl sites for hydroxylation is 2. The van der Waals surface area contributed by atoms with Gasteiger partial charge in [-0.05, 0) is 39.2 Å². The summed E-state index contributed by atoms with van der Waals surface area (Å²) in [7, 11) is 0. The number of likely N-dealkylation sites (tertiary alicyclic amines) is 1. The monoisotopic (exact) mass is 252 g/mol. The highest BCUT2D eigenvalue weighted by molar-refractivity contribution is 5.74. The van der Waals surface area contributed by atoms with Gasteiger partial charge in [-0.3, -0.25) is 9.69 Å². The average molecular weight is 252 g/mol. The molecule has 0 radical (unpaired) electrons. The van der Waals surface area contributed by atoms with Gasteiger partial charge in [0.2, 0.25) is 0 Å². The zero-order chi connectivity index (χ0) is 13.3. The first-order valence-corrected chi connectivity index (χ1v) is 6.39. The molecular formula is C13H20N2O3. The van der Waals surface area contributed by atoms with Crippen LogP contribution in [0, 0.1) is 19.8 Å². The van der Waals surface area contributed by atoms with E-state index in [4.69, 9.17) is 4.52 Å². The van der Waals surface area contributed by atoms with Gasteiger partial charge >= 0.3 is 5.97 Å². The smallest absolute Gasteiger partial charge is 0.321 e. The molecule has 5 heteroatoms. The van der Waals surface area contributed by atoms with Crippen LogP contribution < -0.4 is 0 Å². The van der Waals surface area contributed by atoms with Crippen molar-refractivity contribution in [2.45, 2.75) is 46.2 Å². The molecule has 0 aliphatic carbocycles. The number of carboxylic acid groups (broad SMARTS) is 1. The number of rotatable bonds is 3. The average Bonchev–Trinajstić information content (AvgIpc) is 2.60. The van der Waals surface area contributed by atoms with Crippen LogP contribution in [0.25, 0.3) is 0 Å². The van der Waals surface area contributed by atoms with Crippen molar-refractivity contribution in [2.75, 3.05) is 6.54 Å². The Balaban J connectivity index is 2.18. The first kappa shape index (κ1) is 13.1. The van der Waals surface area contributed by atoms with Crippen molar-refractivity contribution in [3.63, 3.8) is 0 Å². The van der Waals surface area contributed by atoms with Crippen LogP contribution >= 0.6 is 0 Å². The predicted octanol–water partition coefficient (Wildman–Crippen LogP) is 1.98. The molecule has 5 nitrogen and oxygen atoms in total. The van der Waals surface area contributed by atoms with Gasteiger partial charge in [0, 0.05) is 12.1 Å². The number of aromatic nitrogens is 1. The number of piperidine rings is 1. The summed E-state index contributed by atoms with van der Waals surface area (Å²) in [5.74, 6) is 0.251. The van der Waals surface area contributed by atoms with E-state index in [1.54, 1.807) is 0 Å². The number of hydrogen-bond acceptors (Lipinski definition) is 4. The second-order valence-electron chi connectivity index (χ2n) is 5.18. The molecule has 2 atom stereocenters. The number of aliphatic carboxylic acids is 1. The van der Waals surface area contributed by atoms with E-state index < -0.39 is 12.0 Å². The van der Waals surface area contributed by atoms with Crippen molar-refractivity contribution in [3.8, 4) is 0 Å². The van der Waals surface area contributed by atoms with E-state index >= 15 is 0 Å². The fourth-order valence-electron chi connectivity index (χ4n) is 2.78. The molecule has 0 spiro atoms. The number of carbonyl (C=O) groups is 1. The molecule has 18 heavy (non-hydrogen) atoms. The van der Waals surface area contributed by atoms with Gasteiger partial charge in [-0.25, -0.2) is 0 Å². The lowest BCUT2D eigenvalue weighted by atomic mass is 9.90. The number of carboxylic acids is 1. The Morgan fingerprint density at radius 3 is 2.83 bits per heavy atom. The third-order valence-corrected chi connectivity index (χ3v) is 3.83. The van der Waals surface area contributed by atoms with Crippen molar-refractivity contribution in [2.24, 2.45) is 5.92 Å². The van der Waals surface area contributed by atoms with Gasteiger partial charge in [0.1, 0.15) is 11.8 Å². The Bertz CT molecular complexity index is 422. The summed E-state index contributed by atoms with van der Waals surface area (Å²) in [6.07, 6.45) is 2.03. The highest BCUT2D eigenvalue weighted by atomic mass is 16.5. The van der Waals surface area contributed by atoms with Crippen molar-refractivity contribution in [1.82, 2.24) is 10.1 Å². The maximum atomic E-state index is 11.4. The Morgan fingerprint density at radius 2 is 2.28 bits per heavy atom. The molecule has 1 saturated heterocycles. The van der Waals surface area contributed by atoms with Crippen LogP contribution in [0.2, 0.25) is 0 Å². The van der Waals surface area contributed by atoms with Crippen LogP contribution in [0.1, 0.15) is 36.8 Å². The molecule has 2 unspecified atom stereocenters. The highest BCUT2D eigenvalue weighted by Gasteiger charge is 2.34. The molecule has 100 valence electrons. The quantitative estimate of drug-likeness (QED) is 0.891. The van der Waals surface area contributed by atoms with Gasteiger partial charge in [-0.15, -0.1) is 0 Å². The maximum absolute atomic E-state index is 11.4. The zero-order valence-electron chi connectivity index (χ0n) is 11.1. The van der Waals surface area contributed by atoms with Gasteiger partial charge in [0.05, 0.1) is 5.69 Å². The van der Waals surface area contributed by atoms with Gasteiger partial charge in [-0.1, -0.05) is 12.1 Å². The van der Waals surface area contributed by atoms with E-state index in [1.807, 2.05) is 25.7 Å². The predicted molar refractivity (Wildman–Crippen MR) is 66.2 cm³/mol.